The molecule has 3 rings (SSSR count). The highest BCUT2D eigenvalue weighted by atomic mass is 35.5. The van der Waals surface area contributed by atoms with Crippen LogP contribution in [0.4, 0.5) is 5.69 Å². The highest BCUT2D eigenvalue weighted by molar-refractivity contribution is 6.32. The van der Waals surface area contributed by atoms with Crippen molar-refractivity contribution < 1.29 is 0 Å². The van der Waals surface area contributed by atoms with Crippen molar-refractivity contribution in [2.24, 2.45) is 0 Å². The molecule has 1 aliphatic heterocycles. The highest BCUT2D eigenvalue weighted by Crippen LogP contribution is 2.29. The molecular formula is C17H22ClN3. The first kappa shape index (κ1) is 14.6. The summed E-state index contributed by atoms with van der Waals surface area (Å²) >= 11 is 6.20. The van der Waals surface area contributed by atoms with E-state index in [1.165, 1.54) is 31.6 Å². The fraction of sp³-hybridized carbons (Fsp3) is 0.471. The molecule has 1 fully saturated rings. The lowest BCUT2D eigenvalue weighted by atomic mass is 10.0. The number of pyridine rings is 1. The minimum atomic E-state index is 0.550. The summed E-state index contributed by atoms with van der Waals surface area (Å²) in [6.07, 6.45) is 4.27. The Bertz CT molecular complexity index is 633. The van der Waals surface area contributed by atoms with E-state index in [4.69, 9.17) is 11.6 Å². The van der Waals surface area contributed by atoms with Crippen LogP contribution in [0, 0.1) is 6.92 Å². The smallest absolute Gasteiger partial charge is 0.0766 e. The Kier molecular flexibility index (Phi) is 4.32. The van der Waals surface area contributed by atoms with Crippen molar-refractivity contribution in [1.29, 1.82) is 0 Å². The van der Waals surface area contributed by atoms with E-state index in [0.29, 0.717) is 6.04 Å². The first-order chi connectivity index (χ1) is 10.2. The van der Waals surface area contributed by atoms with Crippen LogP contribution in [-0.4, -0.2) is 35.6 Å². The van der Waals surface area contributed by atoms with Crippen molar-refractivity contribution in [3.05, 3.63) is 35.0 Å². The van der Waals surface area contributed by atoms with Gasteiger partial charge in [0.25, 0.3) is 0 Å². The van der Waals surface area contributed by atoms with Crippen LogP contribution < -0.4 is 5.32 Å². The molecule has 0 aliphatic carbocycles. The van der Waals surface area contributed by atoms with Crippen LogP contribution in [0.15, 0.2) is 24.4 Å². The quantitative estimate of drug-likeness (QED) is 0.925. The number of hydrogen-bond donors (Lipinski definition) is 1. The number of anilines is 1. The Balaban J connectivity index is 1.83. The number of aryl methyl sites for hydroxylation is 1. The molecule has 0 radical (unpaired) electrons. The third-order valence-electron chi connectivity index (χ3n) is 4.49. The van der Waals surface area contributed by atoms with Gasteiger partial charge in [0.1, 0.15) is 0 Å². The second-order valence-corrected chi connectivity index (χ2v) is 6.19. The number of benzene rings is 1. The fourth-order valence-corrected chi connectivity index (χ4v) is 3.23. The largest absolute Gasteiger partial charge is 0.382 e. The van der Waals surface area contributed by atoms with Crippen LogP contribution in [-0.2, 0) is 0 Å². The fourth-order valence-electron chi connectivity index (χ4n) is 3.07. The molecular weight excluding hydrogens is 282 g/mol. The number of rotatable bonds is 3. The van der Waals surface area contributed by atoms with Crippen molar-refractivity contribution in [2.75, 3.05) is 25.0 Å². The summed E-state index contributed by atoms with van der Waals surface area (Å²) in [5.74, 6) is 0. The second kappa shape index (κ2) is 6.20. The average Bonchev–Trinajstić information content (AvgIpc) is 2.52. The number of piperidine rings is 1. The van der Waals surface area contributed by atoms with E-state index in [9.17, 15) is 0 Å². The Labute approximate surface area is 131 Å². The molecule has 1 aromatic heterocycles. The van der Waals surface area contributed by atoms with Crippen molar-refractivity contribution >= 4 is 28.2 Å². The average molecular weight is 304 g/mol. The summed E-state index contributed by atoms with van der Waals surface area (Å²) in [4.78, 5) is 6.99. The molecule has 112 valence electrons. The molecule has 1 N–H and O–H groups in total. The van der Waals surface area contributed by atoms with Gasteiger partial charge >= 0.3 is 0 Å². The third kappa shape index (κ3) is 2.99. The van der Waals surface area contributed by atoms with Crippen molar-refractivity contribution in [3.63, 3.8) is 0 Å². The van der Waals surface area contributed by atoms with E-state index in [1.807, 2.05) is 19.2 Å². The Morgan fingerprint density at radius 1 is 1.29 bits per heavy atom. The number of fused-ring (bicyclic) bond motifs is 1. The normalized spacial score (nSPS) is 17.3. The molecule has 4 heteroatoms. The van der Waals surface area contributed by atoms with Crippen molar-refractivity contribution in [1.82, 2.24) is 9.88 Å². The van der Waals surface area contributed by atoms with E-state index in [2.05, 4.69) is 34.3 Å². The van der Waals surface area contributed by atoms with Gasteiger partial charge in [-0.05, 0) is 50.1 Å². The van der Waals surface area contributed by atoms with Gasteiger partial charge in [0.05, 0.1) is 5.52 Å². The number of likely N-dealkylation sites (tertiary alicyclic amines) is 1. The molecule has 1 saturated heterocycles. The molecule has 0 saturated carbocycles. The molecule has 21 heavy (non-hydrogen) atoms. The molecule has 0 spiro atoms. The van der Waals surface area contributed by atoms with Crippen LogP contribution in [0.1, 0.15) is 25.3 Å². The third-order valence-corrected chi connectivity index (χ3v) is 4.90. The number of halogens is 1. The number of hydrogen-bond acceptors (Lipinski definition) is 3. The van der Waals surface area contributed by atoms with E-state index >= 15 is 0 Å². The van der Waals surface area contributed by atoms with Gasteiger partial charge in [0.15, 0.2) is 0 Å². The van der Waals surface area contributed by atoms with E-state index < -0.39 is 0 Å². The Morgan fingerprint density at radius 2 is 2.05 bits per heavy atom. The molecule has 0 amide bonds. The maximum Gasteiger partial charge on any atom is 0.0766 e. The standard InChI is InChI=1S/C17H22ClN3/c1-3-21-10-7-13(8-11-21)20-16-6-9-19-17-12(2)15(18)5-4-14(16)17/h4-6,9,13H,3,7-8,10-11H2,1-2H3,(H,19,20). The molecule has 0 atom stereocenters. The van der Waals surface area contributed by atoms with Crippen LogP contribution >= 0.6 is 11.6 Å². The summed E-state index contributed by atoms with van der Waals surface area (Å²) in [5, 5.41) is 5.65. The predicted octanol–water partition coefficient (Wildman–Crippen LogP) is 4.09. The monoisotopic (exact) mass is 303 g/mol. The molecule has 2 aromatic rings. The summed E-state index contributed by atoms with van der Waals surface area (Å²) < 4.78 is 0. The summed E-state index contributed by atoms with van der Waals surface area (Å²) in [7, 11) is 0. The first-order valence-corrected chi connectivity index (χ1v) is 8.09. The molecule has 0 unspecified atom stereocenters. The maximum absolute atomic E-state index is 6.20. The van der Waals surface area contributed by atoms with Crippen LogP contribution in [0.5, 0.6) is 0 Å². The van der Waals surface area contributed by atoms with Crippen molar-refractivity contribution in [2.45, 2.75) is 32.7 Å². The van der Waals surface area contributed by atoms with Gasteiger partial charge in [-0.3, -0.25) is 4.98 Å². The highest BCUT2D eigenvalue weighted by Gasteiger charge is 2.18. The van der Waals surface area contributed by atoms with Gasteiger partial charge in [0.2, 0.25) is 0 Å². The van der Waals surface area contributed by atoms with E-state index in [0.717, 1.165) is 28.0 Å². The Morgan fingerprint density at radius 3 is 2.76 bits per heavy atom. The predicted molar refractivity (Wildman–Crippen MR) is 90.2 cm³/mol. The lowest BCUT2D eigenvalue weighted by Crippen LogP contribution is -2.38. The van der Waals surface area contributed by atoms with Gasteiger partial charge < -0.3 is 10.2 Å². The number of nitrogens with one attached hydrogen (secondary N) is 1. The summed E-state index contributed by atoms with van der Waals surface area (Å²) in [6.45, 7) is 7.78. The minimum Gasteiger partial charge on any atom is -0.382 e. The SMILES string of the molecule is CCN1CCC(Nc2ccnc3c(C)c(Cl)ccc23)CC1. The zero-order valence-electron chi connectivity index (χ0n) is 12.7. The first-order valence-electron chi connectivity index (χ1n) is 7.71. The van der Waals surface area contributed by atoms with Crippen LogP contribution in [0.2, 0.25) is 5.02 Å². The zero-order chi connectivity index (χ0) is 14.8. The zero-order valence-corrected chi connectivity index (χ0v) is 13.5. The van der Waals surface area contributed by atoms with Gasteiger partial charge in [-0.25, -0.2) is 0 Å². The maximum atomic E-state index is 6.20. The van der Waals surface area contributed by atoms with E-state index in [1.54, 1.807) is 0 Å². The number of nitrogens with zero attached hydrogens (tertiary/aromatic N) is 2. The molecule has 3 nitrogen and oxygen atoms in total. The summed E-state index contributed by atoms with van der Waals surface area (Å²) in [5.41, 5.74) is 3.23. The van der Waals surface area contributed by atoms with Gasteiger partial charge in [-0.1, -0.05) is 18.5 Å². The van der Waals surface area contributed by atoms with Crippen LogP contribution in [0.25, 0.3) is 10.9 Å². The van der Waals surface area contributed by atoms with Gasteiger partial charge in [-0.2, -0.15) is 0 Å². The molecule has 2 heterocycles. The lowest BCUT2D eigenvalue weighted by molar-refractivity contribution is 0.229. The van der Waals surface area contributed by atoms with Crippen LogP contribution in [0.3, 0.4) is 0 Å². The Hall–Kier alpha value is -1.32. The molecule has 0 bridgehead atoms. The molecule has 1 aromatic carbocycles. The second-order valence-electron chi connectivity index (χ2n) is 5.78. The van der Waals surface area contributed by atoms with E-state index in [-0.39, 0.29) is 0 Å². The van der Waals surface area contributed by atoms with Crippen molar-refractivity contribution in [3.8, 4) is 0 Å². The number of aromatic nitrogens is 1. The topological polar surface area (TPSA) is 28.2 Å². The van der Waals surface area contributed by atoms with Gasteiger partial charge in [0, 0.05) is 41.4 Å². The van der Waals surface area contributed by atoms with Gasteiger partial charge in [-0.15, -0.1) is 0 Å². The lowest BCUT2D eigenvalue weighted by Gasteiger charge is -2.32. The minimum absolute atomic E-state index is 0.550. The summed E-state index contributed by atoms with van der Waals surface area (Å²) in [6, 6.07) is 6.66. The molecule has 1 aliphatic rings.